The molecule has 0 aliphatic carbocycles. The van der Waals surface area contributed by atoms with Crippen molar-refractivity contribution in [1.82, 2.24) is 16.0 Å². The van der Waals surface area contributed by atoms with Crippen molar-refractivity contribution in [3.63, 3.8) is 0 Å². The Balaban J connectivity index is 2.22. The van der Waals surface area contributed by atoms with E-state index in [-0.39, 0.29) is 23.6 Å². The summed E-state index contributed by atoms with van der Waals surface area (Å²) in [6.07, 6.45) is -0.601. The molecule has 7 nitrogen and oxygen atoms in total. The summed E-state index contributed by atoms with van der Waals surface area (Å²) in [4.78, 5) is 37.4. The Morgan fingerprint density at radius 3 is 1.86 bits per heavy atom. The summed E-state index contributed by atoms with van der Waals surface area (Å²) in [5.74, 6) is -0.255. The first kappa shape index (κ1) is 28.2. The zero-order chi connectivity index (χ0) is 26.1. The molecule has 2 unspecified atom stereocenters. The van der Waals surface area contributed by atoms with E-state index >= 15 is 0 Å². The molecular weight excluding hydrogens is 462 g/mol. The fraction of sp³-hybridized carbons (Fsp3) is 0.444. The third kappa shape index (κ3) is 8.94. The van der Waals surface area contributed by atoms with Crippen molar-refractivity contribution in [2.75, 3.05) is 12.4 Å². The fourth-order valence-corrected chi connectivity index (χ4v) is 4.55. The van der Waals surface area contributed by atoms with Gasteiger partial charge in [-0.1, -0.05) is 60.7 Å². The quantitative estimate of drug-likeness (QED) is 0.420. The Labute approximate surface area is 212 Å². The first-order valence-corrected chi connectivity index (χ1v) is 12.7. The van der Waals surface area contributed by atoms with Crippen molar-refractivity contribution in [1.29, 1.82) is 0 Å². The molecule has 0 aromatic heterocycles. The van der Waals surface area contributed by atoms with Crippen LogP contribution in [-0.2, 0) is 14.3 Å². The van der Waals surface area contributed by atoms with Gasteiger partial charge in [-0.25, -0.2) is 4.79 Å². The normalized spacial score (nSPS) is 13.9. The monoisotopic (exact) mass is 499 g/mol. The second-order valence-corrected chi connectivity index (χ2v) is 11.0. The van der Waals surface area contributed by atoms with E-state index in [4.69, 9.17) is 4.74 Å². The van der Waals surface area contributed by atoms with Crippen molar-refractivity contribution < 1.29 is 19.1 Å². The highest BCUT2D eigenvalue weighted by atomic mass is 32.2. The Hall–Kier alpha value is -3.00. The molecule has 0 heterocycles. The molecule has 2 rings (SSSR count). The van der Waals surface area contributed by atoms with Gasteiger partial charge in [0, 0.05) is 19.4 Å². The van der Waals surface area contributed by atoms with Crippen LogP contribution in [0.5, 0.6) is 0 Å². The first-order valence-electron chi connectivity index (χ1n) is 11.7. The summed E-state index contributed by atoms with van der Waals surface area (Å²) in [6, 6.07) is 19.4. The van der Waals surface area contributed by atoms with Crippen molar-refractivity contribution in [2.24, 2.45) is 0 Å². The molecule has 35 heavy (non-hydrogen) atoms. The molecule has 0 saturated carbocycles. The number of nitrogens with one attached hydrogen (secondary N) is 3. The lowest BCUT2D eigenvalue weighted by atomic mass is 9.91. The van der Waals surface area contributed by atoms with E-state index in [2.05, 4.69) is 16.0 Å². The minimum Gasteiger partial charge on any atom is -0.444 e. The van der Waals surface area contributed by atoms with Crippen molar-refractivity contribution >= 4 is 29.7 Å². The van der Waals surface area contributed by atoms with E-state index in [1.165, 1.54) is 18.7 Å². The van der Waals surface area contributed by atoms with Crippen molar-refractivity contribution in [3.8, 4) is 0 Å². The van der Waals surface area contributed by atoms with Crippen LogP contribution in [0.3, 0.4) is 0 Å². The van der Waals surface area contributed by atoms with Gasteiger partial charge in [0.15, 0.2) is 0 Å². The maximum absolute atomic E-state index is 13.6. The second-order valence-electron chi connectivity index (χ2n) is 9.58. The van der Waals surface area contributed by atoms with Crippen LogP contribution in [0.2, 0.25) is 0 Å². The summed E-state index contributed by atoms with van der Waals surface area (Å²) in [5, 5.41) is 8.61. The maximum atomic E-state index is 13.6. The molecule has 0 radical (unpaired) electrons. The lowest BCUT2D eigenvalue weighted by molar-refractivity contribution is -0.123. The van der Waals surface area contributed by atoms with Crippen LogP contribution in [-0.4, -0.2) is 46.7 Å². The van der Waals surface area contributed by atoms with Crippen LogP contribution >= 0.6 is 11.8 Å². The van der Waals surface area contributed by atoms with Gasteiger partial charge in [0.1, 0.15) is 10.3 Å². The van der Waals surface area contributed by atoms with E-state index in [9.17, 15) is 14.4 Å². The Bertz CT molecular complexity index is 939. The Morgan fingerprint density at radius 1 is 0.886 bits per heavy atom. The molecule has 2 atom stereocenters. The van der Waals surface area contributed by atoms with Gasteiger partial charge in [-0.2, -0.15) is 0 Å². The standard InChI is InChI=1S/C27H37N3O4S/c1-19(30-25(33)34-26(3,4)5)27(6,35-18-29-20(2)31)24(32)28-17-23(21-13-9-7-10-14-21)22-15-11-8-12-16-22/h7-16,19,23H,17-18H2,1-6H3,(H,28,32)(H,29,31)(H,30,33). The van der Waals surface area contributed by atoms with Gasteiger partial charge in [0.25, 0.3) is 0 Å². The van der Waals surface area contributed by atoms with Crippen LogP contribution in [0.1, 0.15) is 58.6 Å². The van der Waals surface area contributed by atoms with Gasteiger partial charge in [-0.15, -0.1) is 11.8 Å². The molecule has 3 N–H and O–H groups in total. The Morgan fingerprint density at radius 2 is 1.40 bits per heavy atom. The van der Waals surface area contributed by atoms with Gasteiger partial charge >= 0.3 is 6.09 Å². The SMILES string of the molecule is CC(=O)NCSC(C)(C(=O)NCC(c1ccccc1)c1ccccc1)C(C)NC(=O)OC(C)(C)C. The molecule has 2 aromatic rings. The van der Waals surface area contributed by atoms with Gasteiger partial charge in [0.2, 0.25) is 11.8 Å². The molecule has 2 aromatic carbocycles. The highest BCUT2D eigenvalue weighted by molar-refractivity contribution is 8.01. The van der Waals surface area contributed by atoms with Gasteiger partial charge in [0.05, 0.1) is 11.9 Å². The molecular formula is C27H37N3O4S. The van der Waals surface area contributed by atoms with Crippen LogP contribution in [0.4, 0.5) is 4.79 Å². The molecule has 0 saturated heterocycles. The average molecular weight is 500 g/mol. The minimum atomic E-state index is -1.07. The number of rotatable bonds is 10. The summed E-state index contributed by atoms with van der Waals surface area (Å²) in [6.45, 7) is 10.7. The van der Waals surface area contributed by atoms with E-state index < -0.39 is 22.5 Å². The first-order chi connectivity index (χ1) is 16.4. The predicted molar refractivity (Wildman–Crippen MR) is 141 cm³/mol. The summed E-state index contributed by atoms with van der Waals surface area (Å²) >= 11 is 1.26. The molecule has 0 aliphatic heterocycles. The van der Waals surface area contributed by atoms with Gasteiger partial charge in [-0.3, -0.25) is 9.59 Å². The summed E-state index contributed by atoms with van der Waals surface area (Å²) in [5.41, 5.74) is 1.52. The van der Waals surface area contributed by atoms with E-state index in [1.807, 2.05) is 60.7 Å². The minimum absolute atomic E-state index is 0.0416. The summed E-state index contributed by atoms with van der Waals surface area (Å²) < 4.78 is 4.31. The number of alkyl carbamates (subject to hydrolysis) is 1. The molecule has 0 fully saturated rings. The topological polar surface area (TPSA) is 96.5 Å². The number of thioether (sulfide) groups is 1. The highest BCUT2D eigenvalue weighted by Crippen LogP contribution is 2.30. The molecule has 190 valence electrons. The number of hydrogen-bond donors (Lipinski definition) is 3. The van der Waals surface area contributed by atoms with Gasteiger partial charge in [-0.05, 0) is 45.7 Å². The average Bonchev–Trinajstić information content (AvgIpc) is 2.78. The van der Waals surface area contributed by atoms with E-state index in [1.54, 1.807) is 34.6 Å². The van der Waals surface area contributed by atoms with Crippen LogP contribution in [0.15, 0.2) is 60.7 Å². The number of carbonyl (C=O) groups is 3. The van der Waals surface area contributed by atoms with E-state index in [0.717, 1.165) is 11.1 Å². The number of benzene rings is 2. The van der Waals surface area contributed by atoms with Crippen LogP contribution < -0.4 is 16.0 Å². The summed E-state index contributed by atoms with van der Waals surface area (Å²) in [7, 11) is 0. The number of ether oxygens (including phenoxy) is 1. The largest absolute Gasteiger partial charge is 0.444 e. The zero-order valence-electron chi connectivity index (χ0n) is 21.4. The smallest absolute Gasteiger partial charge is 0.407 e. The molecule has 0 spiro atoms. The number of amides is 3. The van der Waals surface area contributed by atoms with Crippen LogP contribution in [0, 0.1) is 0 Å². The highest BCUT2D eigenvalue weighted by Gasteiger charge is 2.41. The second kappa shape index (κ2) is 12.6. The molecule has 0 bridgehead atoms. The lowest BCUT2D eigenvalue weighted by Gasteiger charge is -2.35. The van der Waals surface area contributed by atoms with Crippen molar-refractivity contribution in [3.05, 3.63) is 71.8 Å². The Kier molecular flexibility index (Phi) is 10.2. The maximum Gasteiger partial charge on any atom is 0.407 e. The van der Waals surface area contributed by atoms with Crippen molar-refractivity contribution in [2.45, 2.75) is 63.9 Å². The van der Waals surface area contributed by atoms with Gasteiger partial charge < -0.3 is 20.7 Å². The molecule has 0 aliphatic rings. The number of carbonyl (C=O) groups excluding carboxylic acids is 3. The van der Waals surface area contributed by atoms with E-state index in [0.29, 0.717) is 6.54 Å². The third-order valence-electron chi connectivity index (χ3n) is 5.57. The lowest BCUT2D eigenvalue weighted by Crippen LogP contribution is -2.57. The molecule has 8 heteroatoms. The third-order valence-corrected chi connectivity index (χ3v) is 7.00. The fourth-order valence-electron chi connectivity index (χ4n) is 3.47. The molecule has 3 amide bonds. The number of hydrogen-bond acceptors (Lipinski definition) is 5. The van der Waals surface area contributed by atoms with Crippen LogP contribution in [0.25, 0.3) is 0 Å². The zero-order valence-corrected chi connectivity index (χ0v) is 22.2. The predicted octanol–water partition coefficient (Wildman–Crippen LogP) is 4.43.